The van der Waals surface area contributed by atoms with Gasteiger partial charge < -0.3 is 5.32 Å². The highest BCUT2D eigenvalue weighted by atomic mass is 79.9. The quantitative estimate of drug-likeness (QED) is 0.711. The molecule has 0 aliphatic carbocycles. The van der Waals surface area contributed by atoms with Crippen molar-refractivity contribution in [3.05, 3.63) is 68.1 Å². The zero-order chi connectivity index (χ0) is 14.5. The number of halogens is 2. The van der Waals surface area contributed by atoms with Crippen molar-refractivity contribution in [2.45, 2.75) is 26.3 Å². The lowest BCUT2D eigenvalue weighted by Gasteiger charge is -2.20. The second-order valence-electron chi connectivity index (χ2n) is 4.97. The Kier molecular flexibility index (Phi) is 5.82. The number of aryl methyl sites for hydroxylation is 1. The minimum absolute atomic E-state index is 0.314. The molecule has 0 aliphatic heterocycles. The average Bonchev–Trinajstić information content (AvgIpc) is 2.41. The third-order valence-electron chi connectivity index (χ3n) is 3.31. The molecule has 2 aromatic rings. The minimum Gasteiger partial charge on any atom is -0.310 e. The summed E-state index contributed by atoms with van der Waals surface area (Å²) < 4.78 is 2.27. The lowest BCUT2D eigenvalue weighted by atomic mass is 9.98. The molecule has 0 heterocycles. The molecule has 0 bridgehead atoms. The zero-order valence-electron chi connectivity index (χ0n) is 11.8. The molecule has 1 atom stereocenters. The summed E-state index contributed by atoms with van der Waals surface area (Å²) in [7, 11) is 0. The molecule has 0 saturated carbocycles. The van der Waals surface area contributed by atoms with Crippen LogP contribution in [0.15, 0.2) is 51.4 Å². The van der Waals surface area contributed by atoms with Crippen molar-refractivity contribution < 1.29 is 0 Å². The van der Waals surface area contributed by atoms with Crippen molar-refractivity contribution in [3.63, 3.8) is 0 Å². The summed E-state index contributed by atoms with van der Waals surface area (Å²) in [6.07, 6.45) is 0.991. The van der Waals surface area contributed by atoms with Crippen LogP contribution in [0.1, 0.15) is 29.7 Å². The first-order chi connectivity index (χ1) is 9.60. The summed E-state index contributed by atoms with van der Waals surface area (Å²) >= 11 is 7.23. The van der Waals surface area contributed by atoms with Crippen LogP contribution in [0.3, 0.4) is 0 Å². The molecule has 106 valence electrons. The Balaban J connectivity index is 2.29. The fourth-order valence-corrected chi connectivity index (χ4v) is 3.30. The fourth-order valence-electron chi connectivity index (χ4n) is 2.39. The van der Waals surface area contributed by atoms with Gasteiger partial charge in [0.2, 0.25) is 0 Å². The third kappa shape index (κ3) is 4.18. The Morgan fingerprint density at radius 1 is 1.10 bits per heavy atom. The molecule has 20 heavy (non-hydrogen) atoms. The molecule has 1 nitrogen and oxygen atoms in total. The van der Waals surface area contributed by atoms with Crippen molar-refractivity contribution in [3.8, 4) is 0 Å². The summed E-state index contributed by atoms with van der Waals surface area (Å²) in [6, 6.07) is 15.4. The molecule has 0 spiro atoms. The zero-order valence-corrected chi connectivity index (χ0v) is 15.0. The van der Waals surface area contributed by atoms with Gasteiger partial charge in [-0.15, -0.1) is 0 Å². The topological polar surface area (TPSA) is 12.0 Å². The average molecular weight is 397 g/mol. The van der Waals surface area contributed by atoms with Crippen LogP contribution in [0.25, 0.3) is 0 Å². The van der Waals surface area contributed by atoms with E-state index in [1.165, 1.54) is 16.7 Å². The van der Waals surface area contributed by atoms with Gasteiger partial charge in [0.25, 0.3) is 0 Å². The first-order valence-electron chi connectivity index (χ1n) is 6.84. The number of likely N-dealkylation sites (N-methyl/N-ethyl adjacent to an activating group) is 1. The second kappa shape index (κ2) is 7.39. The van der Waals surface area contributed by atoms with Gasteiger partial charge in [-0.3, -0.25) is 0 Å². The molecule has 0 amide bonds. The van der Waals surface area contributed by atoms with Crippen molar-refractivity contribution in [2.24, 2.45) is 0 Å². The molecule has 0 saturated heterocycles. The highest BCUT2D eigenvalue weighted by Gasteiger charge is 2.14. The van der Waals surface area contributed by atoms with Gasteiger partial charge in [-0.05, 0) is 49.2 Å². The molecular weight excluding hydrogens is 378 g/mol. The van der Waals surface area contributed by atoms with E-state index in [0.29, 0.717) is 6.04 Å². The maximum absolute atomic E-state index is 3.67. The summed E-state index contributed by atoms with van der Waals surface area (Å²) in [5.74, 6) is 0. The number of nitrogens with one attached hydrogen (secondary N) is 1. The van der Waals surface area contributed by atoms with E-state index in [2.05, 4.69) is 93.5 Å². The number of hydrogen-bond donors (Lipinski definition) is 1. The lowest BCUT2D eigenvalue weighted by Crippen LogP contribution is -2.23. The SMILES string of the molecule is CCNC(Cc1cccc(C)c1)c1cc(Br)ccc1Br. The molecular formula is C17H19Br2N. The standard InChI is InChI=1S/C17H19Br2N/c1-3-20-17(10-13-6-4-5-12(2)9-13)15-11-14(18)7-8-16(15)19/h4-9,11,17,20H,3,10H2,1-2H3. The van der Waals surface area contributed by atoms with Gasteiger partial charge in [0.15, 0.2) is 0 Å². The molecule has 0 radical (unpaired) electrons. The molecule has 1 N–H and O–H groups in total. The van der Waals surface area contributed by atoms with Gasteiger partial charge in [-0.2, -0.15) is 0 Å². The monoisotopic (exact) mass is 395 g/mol. The summed E-state index contributed by atoms with van der Waals surface area (Å²) in [5.41, 5.74) is 3.97. The second-order valence-corrected chi connectivity index (χ2v) is 6.74. The molecule has 0 aromatic heterocycles. The van der Waals surface area contributed by atoms with Crippen LogP contribution in [0.2, 0.25) is 0 Å². The molecule has 0 fully saturated rings. The number of benzene rings is 2. The van der Waals surface area contributed by atoms with Crippen molar-refractivity contribution in [2.75, 3.05) is 6.54 Å². The normalized spacial score (nSPS) is 12.4. The van der Waals surface area contributed by atoms with Crippen LogP contribution in [-0.4, -0.2) is 6.54 Å². The van der Waals surface area contributed by atoms with Crippen LogP contribution >= 0.6 is 31.9 Å². The van der Waals surface area contributed by atoms with Crippen LogP contribution in [0.5, 0.6) is 0 Å². The summed E-state index contributed by atoms with van der Waals surface area (Å²) in [4.78, 5) is 0. The molecule has 2 rings (SSSR count). The number of hydrogen-bond acceptors (Lipinski definition) is 1. The fraction of sp³-hybridized carbons (Fsp3) is 0.294. The lowest BCUT2D eigenvalue weighted by molar-refractivity contribution is 0.547. The van der Waals surface area contributed by atoms with E-state index in [-0.39, 0.29) is 0 Å². The highest BCUT2D eigenvalue weighted by molar-refractivity contribution is 9.11. The van der Waals surface area contributed by atoms with E-state index in [1.807, 2.05) is 0 Å². The van der Waals surface area contributed by atoms with Gasteiger partial charge in [-0.1, -0.05) is 68.6 Å². The van der Waals surface area contributed by atoms with Crippen LogP contribution in [-0.2, 0) is 6.42 Å². The van der Waals surface area contributed by atoms with E-state index < -0.39 is 0 Å². The summed E-state index contributed by atoms with van der Waals surface area (Å²) in [5, 5.41) is 3.58. The van der Waals surface area contributed by atoms with Crippen LogP contribution in [0, 0.1) is 6.92 Å². The van der Waals surface area contributed by atoms with Crippen molar-refractivity contribution >= 4 is 31.9 Å². The first kappa shape index (κ1) is 15.7. The predicted molar refractivity (Wildman–Crippen MR) is 93.1 cm³/mol. The highest BCUT2D eigenvalue weighted by Crippen LogP contribution is 2.29. The maximum atomic E-state index is 3.67. The Morgan fingerprint density at radius 3 is 2.60 bits per heavy atom. The van der Waals surface area contributed by atoms with Gasteiger partial charge in [0.1, 0.15) is 0 Å². The van der Waals surface area contributed by atoms with E-state index in [9.17, 15) is 0 Å². The largest absolute Gasteiger partial charge is 0.310 e. The van der Waals surface area contributed by atoms with Gasteiger partial charge in [0, 0.05) is 15.0 Å². The van der Waals surface area contributed by atoms with E-state index in [1.54, 1.807) is 0 Å². The van der Waals surface area contributed by atoms with Crippen molar-refractivity contribution in [1.82, 2.24) is 5.32 Å². The van der Waals surface area contributed by atoms with E-state index in [4.69, 9.17) is 0 Å². The van der Waals surface area contributed by atoms with Crippen LogP contribution in [0.4, 0.5) is 0 Å². The van der Waals surface area contributed by atoms with Gasteiger partial charge in [-0.25, -0.2) is 0 Å². The predicted octanol–water partition coefficient (Wildman–Crippen LogP) is 5.41. The number of rotatable bonds is 5. The third-order valence-corrected chi connectivity index (χ3v) is 4.52. The van der Waals surface area contributed by atoms with Gasteiger partial charge >= 0.3 is 0 Å². The van der Waals surface area contributed by atoms with E-state index in [0.717, 1.165) is 21.9 Å². The molecule has 0 aliphatic rings. The smallest absolute Gasteiger partial charge is 0.0372 e. The van der Waals surface area contributed by atoms with E-state index >= 15 is 0 Å². The van der Waals surface area contributed by atoms with Gasteiger partial charge in [0.05, 0.1) is 0 Å². The summed E-state index contributed by atoms with van der Waals surface area (Å²) in [6.45, 7) is 5.24. The minimum atomic E-state index is 0.314. The van der Waals surface area contributed by atoms with Crippen molar-refractivity contribution in [1.29, 1.82) is 0 Å². The molecule has 1 unspecified atom stereocenters. The van der Waals surface area contributed by atoms with Crippen LogP contribution < -0.4 is 5.32 Å². The Labute approximate surface area is 138 Å². The molecule has 3 heteroatoms. The maximum Gasteiger partial charge on any atom is 0.0372 e. The Morgan fingerprint density at radius 2 is 1.90 bits per heavy atom. The Bertz CT molecular complexity index is 581. The molecule has 2 aromatic carbocycles. The Hall–Kier alpha value is -0.640. The first-order valence-corrected chi connectivity index (χ1v) is 8.42.